The first-order valence-corrected chi connectivity index (χ1v) is 6.04. The predicted octanol–water partition coefficient (Wildman–Crippen LogP) is 3.50. The molecule has 4 heteroatoms. The number of benzene rings is 1. The fourth-order valence-electron chi connectivity index (χ4n) is 1.52. The van der Waals surface area contributed by atoms with Crippen LogP contribution in [0.1, 0.15) is 19.8 Å². The van der Waals surface area contributed by atoms with Crippen LogP contribution < -0.4 is 10.5 Å². The summed E-state index contributed by atoms with van der Waals surface area (Å²) in [6.45, 7) is 2.42. The molecule has 0 radical (unpaired) electrons. The molecule has 0 aliphatic rings. The quantitative estimate of drug-likeness (QED) is 0.832. The van der Waals surface area contributed by atoms with E-state index in [1.807, 2.05) is 6.92 Å². The van der Waals surface area contributed by atoms with Crippen molar-refractivity contribution in [1.82, 2.24) is 0 Å². The van der Waals surface area contributed by atoms with Gasteiger partial charge in [-0.25, -0.2) is 0 Å². The maximum Gasteiger partial charge on any atom is 0.138 e. The highest BCUT2D eigenvalue weighted by molar-refractivity contribution is 6.35. The molecule has 1 aromatic carbocycles. The lowest BCUT2D eigenvalue weighted by Crippen LogP contribution is -2.34. The number of hydrogen-bond donors (Lipinski definition) is 1. The maximum absolute atomic E-state index is 6.04. The van der Waals surface area contributed by atoms with Crippen LogP contribution in [0.2, 0.25) is 10.0 Å². The van der Waals surface area contributed by atoms with Gasteiger partial charge in [-0.3, -0.25) is 0 Å². The van der Waals surface area contributed by atoms with E-state index in [4.69, 9.17) is 40.1 Å². The summed E-state index contributed by atoms with van der Waals surface area (Å²) < 4.78 is 5.86. The van der Waals surface area contributed by atoms with Gasteiger partial charge in [-0.2, -0.15) is 0 Å². The zero-order chi connectivity index (χ0) is 12.9. The van der Waals surface area contributed by atoms with Crippen LogP contribution in [0.4, 0.5) is 0 Å². The molecule has 0 bridgehead atoms. The van der Waals surface area contributed by atoms with Gasteiger partial charge >= 0.3 is 0 Å². The molecule has 1 unspecified atom stereocenters. The lowest BCUT2D eigenvalue weighted by molar-refractivity contribution is 0.0873. The molecule has 0 spiro atoms. The summed E-state index contributed by atoms with van der Waals surface area (Å²) >= 11 is 11.9. The molecule has 0 aliphatic carbocycles. The third-order valence-corrected chi connectivity index (χ3v) is 2.93. The molecule has 2 N–H and O–H groups in total. The number of halogens is 2. The van der Waals surface area contributed by atoms with E-state index in [-0.39, 0.29) is 0 Å². The van der Waals surface area contributed by atoms with Gasteiger partial charge in [-0.05, 0) is 31.7 Å². The van der Waals surface area contributed by atoms with Crippen LogP contribution in [-0.4, -0.2) is 12.1 Å². The van der Waals surface area contributed by atoms with Crippen molar-refractivity contribution in [3.05, 3.63) is 28.2 Å². The highest BCUT2D eigenvalue weighted by atomic mass is 35.5. The van der Waals surface area contributed by atoms with E-state index >= 15 is 0 Å². The van der Waals surface area contributed by atoms with Crippen molar-refractivity contribution >= 4 is 23.2 Å². The molecule has 0 heterocycles. The molecular weight excluding hydrogens is 257 g/mol. The molecule has 0 fully saturated rings. The van der Waals surface area contributed by atoms with E-state index in [1.54, 1.807) is 18.2 Å². The largest absolute Gasteiger partial charge is 0.485 e. The summed E-state index contributed by atoms with van der Waals surface area (Å²) in [7, 11) is 0. The van der Waals surface area contributed by atoms with E-state index in [9.17, 15) is 0 Å². The average Bonchev–Trinajstić information content (AvgIpc) is 2.23. The number of terminal acetylenes is 1. The minimum Gasteiger partial charge on any atom is -0.485 e. The molecule has 2 nitrogen and oxygen atoms in total. The third-order valence-electron chi connectivity index (χ3n) is 2.40. The Balaban J connectivity index is 2.90. The zero-order valence-electron chi connectivity index (χ0n) is 9.67. The highest BCUT2D eigenvalue weighted by Gasteiger charge is 2.25. The lowest BCUT2D eigenvalue weighted by atomic mass is 9.98. The van der Waals surface area contributed by atoms with Crippen LogP contribution in [-0.2, 0) is 0 Å². The van der Waals surface area contributed by atoms with Crippen LogP contribution in [0.25, 0.3) is 0 Å². The molecule has 1 aromatic rings. The normalized spacial score (nSPS) is 13.8. The Morgan fingerprint density at radius 2 is 2.18 bits per heavy atom. The standard InChI is InChI=1S/C13H15Cl2NO/c1-3-6-13(2,7-8-16)17-12-5-4-10(14)9-11(12)15/h1,4-5,9H,6-8,16H2,2H3. The second-order valence-corrected chi connectivity index (χ2v) is 4.89. The number of rotatable bonds is 5. The molecular formula is C13H15Cl2NO. The second-order valence-electron chi connectivity index (χ2n) is 4.05. The Morgan fingerprint density at radius 3 is 2.71 bits per heavy atom. The van der Waals surface area contributed by atoms with Gasteiger partial charge < -0.3 is 10.5 Å². The van der Waals surface area contributed by atoms with Crippen molar-refractivity contribution < 1.29 is 4.74 Å². The predicted molar refractivity (Wildman–Crippen MR) is 72.6 cm³/mol. The van der Waals surface area contributed by atoms with Crippen molar-refractivity contribution in [2.75, 3.05) is 6.54 Å². The average molecular weight is 272 g/mol. The first-order valence-electron chi connectivity index (χ1n) is 5.28. The number of hydrogen-bond acceptors (Lipinski definition) is 2. The Bertz CT molecular complexity index is 428. The fourth-order valence-corrected chi connectivity index (χ4v) is 1.97. The summed E-state index contributed by atoms with van der Waals surface area (Å²) in [5, 5.41) is 1.04. The molecule has 1 rings (SSSR count). The van der Waals surface area contributed by atoms with Gasteiger partial charge in [-0.15, -0.1) is 12.3 Å². The van der Waals surface area contributed by atoms with Gasteiger partial charge in [0.25, 0.3) is 0 Å². The van der Waals surface area contributed by atoms with Crippen LogP contribution in [0.15, 0.2) is 18.2 Å². The van der Waals surface area contributed by atoms with E-state index in [2.05, 4.69) is 5.92 Å². The van der Waals surface area contributed by atoms with E-state index in [1.165, 1.54) is 0 Å². The van der Waals surface area contributed by atoms with Gasteiger partial charge in [0.15, 0.2) is 0 Å². The Kier molecular flexibility index (Phi) is 5.14. The molecule has 17 heavy (non-hydrogen) atoms. The van der Waals surface area contributed by atoms with E-state index < -0.39 is 5.60 Å². The lowest BCUT2D eigenvalue weighted by Gasteiger charge is -2.29. The van der Waals surface area contributed by atoms with Crippen molar-refractivity contribution in [2.45, 2.75) is 25.4 Å². The molecule has 0 aliphatic heterocycles. The van der Waals surface area contributed by atoms with Gasteiger partial charge in [0.2, 0.25) is 0 Å². The first kappa shape index (κ1) is 14.2. The fraction of sp³-hybridized carbons (Fsp3) is 0.385. The van der Waals surface area contributed by atoms with Crippen molar-refractivity contribution in [1.29, 1.82) is 0 Å². The number of nitrogens with two attached hydrogens (primary N) is 1. The first-order chi connectivity index (χ1) is 8.00. The zero-order valence-corrected chi connectivity index (χ0v) is 11.2. The van der Waals surface area contributed by atoms with Gasteiger partial charge in [0, 0.05) is 17.9 Å². The Morgan fingerprint density at radius 1 is 1.47 bits per heavy atom. The maximum atomic E-state index is 6.04. The van der Waals surface area contributed by atoms with Gasteiger partial charge in [0.1, 0.15) is 11.4 Å². The minimum atomic E-state index is -0.499. The highest BCUT2D eigenvalue weighted by Crippen LogP contribution is 2.32. The molecule has 0 aromatic heterocycles. The van der Waals surface area contributed by atoms with E-state index in [0.717, 1.165) is 0 Å². The molecule has 1 atom stereocenters. The van der Waals surface area contributed by atoms with Crippen molar-refractivity contribution in [3.8, 4) is 18.1 Å². The summed E-state index contributed by atoms with van der Waals surface area (Å²) in [5.41, 5.74) is 5.06. The molecule has 0 saturated carbocycles. The van der Waals surface area contributed by atoms with Crippen molar-refractivity contribution in [2.24, 2.45) is 5.73 Å². The summed E-state index contributed by atoms with van der Waals surface area (Å²) in [4.78, 5) is 0. The van der Waals surface area contributed by atoms with E-state index in [0.29, 0.717) is 35.2 Å². The van der Waals surface area contributed by atoms with Crippen LogP contribution >= 0.6 is 23.2 Å². The van der Waals surface area contributed by atoms with Crippen LogP contribution in [0, 0.1) is 12.3 Å². The molecule has 92 valence electrons. The number of ether oxygens (including phenoxy) is 1. The molecule has 0 amide bonds. The summed E-state index contributed by atoms with van der Waals surface area (Å²) in [6.07, 6.45) is 6.47. The molecule has 0 saturated heterocycles. The SMILES string of the molecule is C#CCC(C)(CCN)Oc1ccc(Cl)cc1Cl. The monoisotopic (exact) mass is 271 g/mol. The van der Waals surface area contributed by atoms with Crippen LogP contribution in [0.3, 0.4) is 0 Å². The van der Waals surface area contributed by atoms with Crippen LogP contribution in [0.5, 0.6) is 5.75 Å². The summed E-state index contributed by atoms with van der Waals surface area (Å²) in [6, 6.07) is 5.09. The summed E-state index contributed by atoms with van der Waals surface area (Å²) in [5.74, 6) is 3.17. The Hall–Kier alpha value is -0.880. The second kappa shape index (κ2) is 6.16. The Labute approximate surface area is 112 Å². The van der Waals surface area contributed by atoms with Crippen molar-refractivity contribution in [3.63, 3.8) is 0 Å². The van der Waals surface area contributed by atoms with Gasteiger partial charge in [-0.1, -0.05) is 23.2 Å². The minimum absolute atomic E-state index is 0.470. The smallest absolute Gasteiger partial charge is 0.138 e. The third kappa shape index (κ3) is 4.12. The van der Waals surface area contributed by atoms with Gasteiger partial charge in [0.05, 0.1) is 5.02 Å². The topological polar surface area (TPSA) is 35.2 Å².